The van der Waals surface area contributed by atoms with Crippen LogP contribution >= 0.6 is 15.9 Å². The lowest BCUT2D eigenvalue weighted by Gasteiger charge is -2.17. The largest absolute Gasteiger partial charge is 0.349 e. The van der Waals surface area contributed by atoms with Gasteiger partial charge in [-0.15, -0.1) is 0 Å². The average molecular weight is 332 g/mol. The summed E-state index contributed by atoms with van der Waals surface area (Å²) < 4.78 is 0.998. The first kappa shape index (κ1) is 14.8. The topological polar surface area (TPSA) is 29.1 Å². The van der Waals surface area contributed by atoms with Crippen LogP contribution in [0.1, 0.15) is 30.5 Å². The summed E-state index contributed by atoms with van der Waals surface area (Å²) in [7, 11) is 0. The summed E-state index contributed by atoms with van der Waals surface area (Å²) in [6, 6.07) is 18.0. The summed E-state index contributed by atoms with van der Waals surface area (Å²) in [5.41, 5.74) is 2.16. The third-order valence-electron chi connectivity index (χ3n) is 3.20. The van der Waals surface area contributed by atoms with Gasteiger partial charge in [0, 0.05) is 4.47 Å². The maximum Gasteiger partial charge on any atom is 0.224 e. The van der Waals surface area contributed by atoms with Crippen LogP contribution in [0, 0.1) is 0 Å². The van der Waals surface area contributed by atoms with Crippen molar-refractivity contribution in [2.75, 3.05) is 0 Å². The molecular formula is C17H18BrNO. The Morgan fingerprint density at radius 2 is 1.90 bits per heavy atom. The summed E-state index contributed by atoms with van der Waals surface area (Å²) >= 11 is 3.42. The van der Waals surface area contributed by atoms with Gasteiger partial charge in [0.15, 0.2) is 0 Å². The number of carbonyl (C=O) groups excluding carboxylic acids is 1. The van der Waals surface area contributed by atoms with Crippen LogP contribution in [0.3, 0.4) is 0 Å². The molecule has 2 aromatic rings. The molecule has 0 unspecified atom stereocenters. The molecule has 0 spiro atoms. The Kier molecular flexibility index (Phi) is 5.36. The maximum atomic E-state index is 12.1. The fraction of sp³-hybridized carbons (Fsp3) is 0.235. The molecule has 0 aliphatic rings. The molecule has 0 fully saturated rings. The van der Waals surface area contributed by atoms with Gasteiger partial charge in [-0.05, 0) is 29.7 Å². The number of halogens is 1. The molecule has 0 aliphatic carbocycles. The van der Waals surface area contributed by atoms with Gasteiger partial charge in [0.1, 0.15) is 0 Å². The van der Waals surface area contributed by atoms with Crippen LogP contribution in [-0.2, 0) is 11.2 Å². The molecule has 1 atom stereocenters. The highest BCUT2D eigenvalue weighted by Crippen LogP contribution is 2.17. The number of carbonyl (C=O) groups is 1. The molecule has 3 heteroatoms. The molecule has 0 radical (unpaired) electrons. The van der Waals surface area contributed by atoms with Gasteiger partial charge < -0.3 is 5.32 Å². The van der Waals surface area contributed by atoms with E-state index in [2.05, 4.69) is 28.2 Å². The Morgan fingerprint density at radius 1 is 1.15 bits per heavy atom. The van der Waals surface area contributed by atoms with Gasteiger partial charge in [-0.1, -0.05) is 65.3 Å². The van der Waals surface area contributed by atoms with Gasteiger partial charge in [-0.2, -0.15) is 0 Å². The molecule has 1 amide bonds. The van der Waals surface area contributed by atoms with Gasteiger partial charge in [0.05, 0.1) is 12.5 Å². The molecule has 2 nitrogen and oxygen atoms in total. The first-order valence-electron chi connectivity index (χ1n) is 6.77. The van der Waals surface area contributed by atoms with Gasteiger partial charge >= 0.3 is 0 Å². The summed E-state index contributed by atoms with van der Waals surface area (Å²) in [5, 5.41) is 3.10. The van der Waals surface area contributed by atoms with E-state index in [1.165, 1.54) is 0 Å². The third-order valence-corrected chi connectivity index (χ3v) is 3.69. The fourth-order valence-electron chi connectivity index (χ4n) is 2.18. The van der Waals surface area contributed by atoms with Gasteiger partial charge in [-0.3, -0.25) is 4.79 Å². The molecule has 0 aliphatic heterocycles. The average Bonchev–Trinajstić information content (AvgIpc) is 2.45. The number of hydrogen-bond donors (Lipinski definition) is 1. The minimum absolute atomic E-state index is 0.0544. The van der Waals surface area contributed by atoms with Crippen molar-refractivity contribution in [2.45, 2.75) is 25.8 Å². The molecular weight excluding hydrogens is 314 g/mol. The van der Waals surface area contributed by atoms with Gasteiger partial charge in [0.25, 0.3) is 0 Å². The Hall–Kier alpha value is -1.61. The van der Waals surface area contributed by atoms with E-state index in [0.29, 0.717) is 6.42 Å². The molecule has 20 heavy (non-hydrogen) atoms. The number of rotatable bonds is 5. The van der Waals surface area contributed by atoms with E-state index in [0.717, 1.165) is 22.0 Å². The zero-order chi connectivity index (χ0) is 14.4. The summed E-state index contributed by atoms with van der Waals surface area (Å²) in [4.78, 5) is 12.1. The van der Waals surface area contributed by atoms with E-state index in [1.807, 2.05) is 54.6 Å². The molecule has 1 N–H and O–H groups in total. The predicted molar refractivity (Wildman–Crippen MR) is 85.5 cm³/mol. The van der Waals surface area contributed by atoms with Gasteiger partial charge in [-0.25, -0.2) is 0 Å². The van der Waals surface area contributed by atoms with Crippen LogP contribution in [0.4, 0.5) is 0 Å². The summed E-state index contributed by atoms with van der Waals surface area (Å²) in [6.07, 6.45) is 1.29. The van der Waals surface area contributed by atoms with Crippen LogP contribution in [0.5, 0.6) is 0 Å². The number of hydrogen-bond acceptors (Lipinski definition) is 1. The number of nitrogens with one attached hydrogen (secondary N) is 1. The molecule has 0 bridgehead atoms. The standard InChI is InChI=1S/C17H18BrNO/c1-2-16(14-8-4-3-5-9-14)19-17(20)12-13-7-6-10-15(18)11-13/h3-11,16H,2,12H2,1H3,(H,19,20)/t16-/m0/s1. The second-order valence-corrected chi connectivity index (χ2v) is 5.66. The zero-order valence-corrected chi connectivity index (χ0v) is 13.1. The quantitative estimate of drug-likeness (QED) is 0.871. The van der Waals surface area contributed by atoms with Crippen molar-refractivity contribution in [2.24, 2.45) is 0 Å². The highest BCUT2D eigenvalue weighted by atomic mass is 79.9. The fourth-order valence-corrected chi connectivity index (χ4v) is 2.63. The minimum atomic E-state index is 0.0544. The summed E-state index contributed by atoms with van der Waals surface area (Å²) in [6.45, 7) is 2.08. The predicted octanol–water partition coefficient (Wildman–Crippen LogP) is 4.26. The van der Waals surface area contributed by atoms with Crippen molar-refractivity contribution in [3.05, 3.63) is 70.2 Å². The van der Waals surface area contributed by atoms with Crippen molar-refractivity contribution in [1.82, 2.24) is 5.32 Å². The lowest BCUT2D eigenvalue weighted by molar-refractivity contribution is -0.121. The molecule has 0 heterocycles. The number of amides is 1. The maximum absolute atomic E-state index is 12.1. The highest BCUT2D eigenvalue weighted by molar-refractivity contribution is 9.10. The zero-order valence-electron chi connectivity index (χ0n) is 11.5. The van der Waals surface area contributed by atoms with Crippen molar-refractivity contribution in [3.8, 4) is 0 Å². The van der Waals surface area contributed by atoms with Crippen molar-refractivity contribution in [1.29, 1.82) is 0 Å². The van der Waals surface area contributed by atoms with Crippen LogP contribution < -0.4 is 5.32 Å². The van der Waals surface area contributed by atoms with Crippen LogP contribution in [0.15, 0.2) is 59.1 Å². The lowest BCUT2D eigenvalue weighted by atomic mass is 10.0. The normalized spacial score (nSPS) is 11.9. The summed E-state index contributed by atoms with van der Waals surface area (Å²) in [5.74, 6) is 0.0544. The second kappa shape index (κ2) is 7.25. The van der Waals surface area contributed by atoms with Crippen LogP contribution in [-0.4, -0.2) is 5.91 Å². The second-order valence-electron chi connectivity index (χ2n) is 4.75. The Morgan fingerprint density at radius 3 is 2.55 bits per heavy atom. The third kappa shape index (κ3) is 4.20. The molecule has 2 rings (SSSR count). The van der Waals surface area contributed by atoms with E-state index in [1.54, 1.807) is 0 Å². The Labute approximate surface area is 128 Å². The molecule has 104 valence electrons. The highest BCUT2D eigenvalue weighted by Gasteiger charge is 2.12. The van der Waals surface area contributed by atoms with Gasteiger partial charge in [0.2, 0.25) is 5.91 Å². The first-order chi connectivity index (χ1) is 9.69. The van der Waals surface area contributed by atoms with E-state index in [-0.39, 0.29) is 11.9 Å². The van der Waals surface area contributed by atoms with Crippen LogP contribution in [0.25, 0.3) is 0 Å². The number of benzene rings is 2. The van der Waals surface area contributed by atoms with Crippen molar-refractivity contribution < 1.29 is 4.79 Å². The van der Waals surface area contributed by atoms with E-state index in [9.17, 15) is 4.79 Å². The smallest absolute Gasteiger partial charge is 0.224 e. The molecule has 2 aromatic carbocycles. The van der Waals surface area contributed by atoms with E-state index < -0.39 is 0 Å². The van der Waals surface area contributed by atoms with E-state index >= 15 is 0 Å². The van der Waals surface area contributed by atoms with Crippen molar-refractivity contribution in [3.63, 3.8) is 0 Å². The minimum Gasteiger partial charge on any atom is -0.349 e. The van der Waals surface area contributed by atoms with Crippen molar-refractivity contribution >= 4 is 21.8 Å². The Balaban J connectivity index is 2.00. The monoisotopic (exact) mass is 331 g/mol. The lowest BCUT2D eigenvalue weighted by Crippen LogP contribution is -2.29. The first-order valence-corrected chi connectivity index (χ1v) is 7.57. The SMILES string of the molecule is CC[C@H](NC(=O)Cc1cccc(Br)c1)c1ccccc1. The molecule has 0 saturated carbocycles. The van der Waals surface area contributed by atoms with E-state index in [4.69, 9.17) is 0 Å². The Bertz CT molecular complexity index is 568. The van der Waals surface area contributed by atoms with Crippen LogP contribution in [0.2, 0.25) is 0 Å². The molecule has 0 aromatic heterocycles. The molecule has 0 saturated heterocycles.